The van der Waals surface area contributed by atoms with E-state index in [4.69, 9.17) is 14.2 Å². The molecule has 28 heavy (non-hydrogen) atoms. The molecule has 0 bridgehead atoms. The summed E-state index contributed by atoms with van der Waals surface area (Å²) < 4.78 is 17.3. The Labute approximate surface area is 161 Å². The van der Waals surface area contributed by atoms with Gasteiger partial charge in [0.1, 0.15) is 5.75 Å². The molecule has 4 rings (SSSR count). The molecule has 1 aliphatic heterocycles. The van der Waals surface area contributed by atoms with Crippen LogP contribution in [0.25, 0.3) is 0 Å². The molecule has 0 saturated heterocycles. The van der Waals surface area contributed by atoms with Crippen LogP contribution >= 0.6 is 11.8 Å². The monoisotopic (exact) mass is 401 g/mol. The molecule has 0 fully saturated rings. The first kappa shape index (κ1) is 17.7. The zero-order chi connectivity index (χ0) is 19.7. The van der Waals surface area contributed by atoms with Gasteiger partial charge in [-0.15, -0.1) is 5.10 Å². The molecule has 0 spiro atoms. The Kier molecular flexibility index (Phi) is 4.53. The molecule has 1 aliphatic rings. The normalized spacial score (nSPS) is 12.0. The highest BCUT2D eigenvalue weighted by Crippen LogP contribution is 2.36. The largest absolute Gasteiger partial charge is 0.454 e. The van der Waals surface area contributed by atoms with Crippen LogP contribution < -0.4 is 14.2 Å². The van der Waals surface area contributed by atoms with Gasteiger partial charge < -0.3 is 14.2 Å². The lowest BCUT2D eigenvalue weighted by Crippen LogP contribution is -2.10. The van der Waals surface area contributed by atoms with E-state index in [1.165, 1.54) is 22.9 Å². The Balaban J connectivity index is 1.65. The molecular formula is C16H11N5O6S. The van der Waals surface area contributed by atoms with Gasteiger partial charge in [-0.2, -0.15) is 0 Å². The van der Waals surface area contributed by atoms with Crippen molar-refractivity contribution in [3.05, 3.63) is 52.1 Å². The molecule has 2 aromatic carbocycles. The Hall–Kier alpha value is -3.67. The van der Waals surface area contributed by atoms with Gasteiger partial charge in [0.15, 0.2) is 11.5 Å². The number of hydrogen-bond donors (Lipinski definition) is 0. The summed E-state index contributed by atoms with van der Waals surface area (Å²) in [5, 5.41) is 22.6. The standard InChI is InChI=1S/C16H11N5O6S/c1-20-16(17-18-19-20)28-14-5-2-9(21(23)24)6-11(14)15(22)27-10-3-4-12-13(7-10)26-8-25-12/h2-7H,8H2,1H3. The summed E-state index contributed by atoms with van der Waals surface area (Å²) in [6, 6.07) is 8.57. The van der Waals surface area contributed by atoms with Gasteiger partial charge in [-0.25, -0.2) is 9.48 Å². The molecule has 12 heteroatoms. The molecule has 1 aromatic heterocycles. The van der Waals surface area contributed by atoms with Crippen LogP contribution in [0.1, 0.15) is 10.4 Å². The van der Waals surface area contributed by atoms with Gasteiger partial charge in [-0.3, -0.25) is 10.1 Å². The van der Waals surface area contributed by atoms with Crippen LogP contribution in [0.4, 0.5) is 5.69 Å². The van der Waals surface area contributed by atoms with E-state index in [-0.39, 0.29) is 23.8 Å². The maximum absolute atomic E-state index is 12.7. The molecule has 0 aliphatic carbocycles. The summed E-state index contributed by atoms with van der Waals surface area (Å²) in [4.78, 5) is 23.7. The van der Waals surface area contributed by atoms with Gasteiger partial charge in [-0.1, -0.05) is 0 Å². The van der Waals surface area contributed by atoms with Crippen molar-refractivity contribution in [2.75, 3.05) is 6.79 Å². The average molecular weight is 401 g/mol. The molecule has 0 unspecified atom stereocenters. The summed E-state index contributed by atoms with van der Waals surface area (Å²) >= 11 is 1.09. The van der Waals surface area contributed by atoms with Gasteiger partial charge in [-0.05, 0) is 40.4 Å². The average Bonchev–Trinajstić information content (AvgIpc) is 3.30. The summed E-state index contributed by atoms with van der Waals surface area (Å²) in [6.07, 6.45) is 0. The van der Waals surface area contributed by atoms with E-state index >= 15 is 0 Å². The number of tetrazole rings is 1. The fraction of sp³-hybridized carbons (Fsp3) is 0.125. The second-order valence-electron chi connectivity index (χ2n) is 5.53. The van der Waals surface area contributed by atoms with Gasteiger partial charge in [0.2, 0.25) is 11.9 Å². The quantitative estimate of drug-likeness (QED) is 0.271. The minimum absolute atomic E-state index is 0.0138. The molecular weight excluding hydrogens is 390 g/mol. The second kappa shape index (κ2) is 7.15. The number of non-ortho nitro benzene ring substituents is 1. The summed E-state index contributed by atoms with van der Waals surface area (Å²) in [5.41, 5.74) is -0.224. The first-order valence-corrected chi connectivity index (χ1v) is 8.63. The smallest absolute Gasteiger partial charge is 0.344 e. The summed E-state index contributed by atoms with van der Waals surface area (Å²) in [7, 11) is 1.64. The third kappa shape index (κ3) is 3.44. The maximum Gasteiger partial charge on any atom is 0.344 e. The van der Waals surface area contributed by atoms with Crippen molar-refractivity contribution >= 4 is 23.4 Å². The third-order valence-corrected chi connectivity index (χ3v) is 4.84. The number of aryl methyl sites for hydroxylation is 1. The number of rotatable bonds is 5. The maximum atomic E-state index is 12.7. The van der Waals surface area contributed by atoms with Crippen LogP contribution in [0.5, 0.6) is 17.2 Å². The first-order valence-electron chi connectivity index (χ1n) is 7.82. The molecule has 3 aromatic rings. The highest BCUT2D eigenvalue weighted by molar-refractivity contribution is 7.99. The number of nitro benzene ring substituents is 1. The minimum atomic E-state index is -0.764. The molecule has 0 radical (unpaired) electrons. The number of esters is 1. The van der Waals surface area contributed by atoms with Crippen LogP contribution in [-0.4, -0.2) is 37.9 Å². The van der Waals surface area contributed by atoms with Crippen LogP contribution in [0, 0.1) is 10.1 Å². The van der Waals surface area contributed by atoms with Gasteiger partial charge in [0, 0.05) is 30.1 Å². The minimum Gasteiger partial charge on any atom is -0.454 e. The van der Waals surface area contributed by atoms with E-state index in [0.29, 0.717) is 21.6 Å². The SMILES string of the molecule is Cn1nnnc1Sc1ccc([N+](=O)[O-])cc1C(=O)Oc1ccc2c(c1)OCO2. The second-order valence-corrected chi connectivity index (χ2v) is 6.54. The zero-order valence-corrected chi connectivity index (χ0v) is 15.1. The van der Waals surface area contributed by atoms with E-state index in [9.17, 15) is 14.9 Å². The fourth-order valence-electron chi connectivity index (χ4n) is 2.39. The Morgan fingerprint density at radius 2 is 2.07 bits per heavy atom. The van der Waals surface area contributed by atoms with E-state index in [1.807, 2.05) is 0 Å². The third-order valence-electron chi connectivity index (χ3n) is 3.73. The molecule has 0 N–H and O–H groups in total. The predicted octanol–water partition coefficient (Wildman–Crippen LogP) is 2.22. The molecule has 11 nitrogen and oxygen atoms in total. The Bertz CT molecular complexity index is 1090. The number of carbonyl (C=O) groups excluding carboxylic acids is 1. The number of fused-ring (bicyclic) bond motifs is 1. The highest BCUT2D eigenvalue weighted by Gasteiger charge is 2.22. The lowest BCUT2D eigenvalue weighted by atomic mass is 10.2. The van der Waals surface area contributed by atoms with E-state index in [1.54, 1.807) is 19.2 Å². The van der Waals surface area contributed by atoms with Gasteiger partial charge in [0.25, 0.3) is 5.69 Å². The lowest BCUT2D eigenvalue weighted by Gasteiger charge is -2.09. The van der Waals surface area contributed by atoms with Crippen molar-refractivity contribution in [2.24, 2.45) is 7.05 Å². The van der Waals surface area contributed by atoms with Crippen molar-refractivity contribution in [3.63, 3.8) is 0 Å². The van der Waals surface area contributed by atoms with Gasteiger partial charge >= 0.3 is 5.97 Å². The topological polar surface area (TPSA) is 132 Å². The van der Waals surface area contributed by atoms with Crippen LogP contribution in [-0.2, 0) is 7.05 Å². The number of nitro groups is 1. The van der Waals surface area contributed by atoms with Gasteiger partial charge in [0.05, 0.1) is 10.5 Å². The lowest BCUT2D eigenvalue weighted by molar-refractivity contribution is -0.384. The zero-order valence-electron chi connectivity index (χ0n) is 14.3. The number of hydrogen-bond acceptors (Lipinski definition) is 10. The van der Waals surface area contributed by atoms with Crippen molar-refractivity contribution in [2.45, 2.75) is 10.1 Å². The molecule has 142 valence electrons. The molecule has 0 amide bonds. The Morgan fingerprint density at radius 1 is 1.25 bits per heavy atom. The van der Waals surface area contributed by atoms with E-state index in [2.05, 4.69) is 15.5 Å². The molecule has 0 atom stereocenters. The number of aromatic nitrogens is 4. The number of carbonyl (C=O) groups is 1. The summed E-state index contributed by atoms with van der Waals surface area (Å²) in [5.74, 6) is 0.447. The number of benzene rings is 2. The Morgan fingerprint density at radius 3 is 2.82 bits per heavy atom. The van der Waals surface area contributed by atoms with Crippen molar-refractivity contribution in [1.82, 2.24) is 20.2 Å². The van der Waals surface area contributed by atoms with Crippen LogP contribution in [0.15, 0.2) is 46.5 Å². The van der Waals surface area contributed by atoms with E-state index in [0.717, 1.165) is 17.8 Å². The van der Waals surface area contributed by atoms with Crippen molar-refractivity contribution in [1.29, 1.82) is 0 Å². The molecule has 0 saturated carbocycles. The first-order chi connectivity index (χ1) is 13.5. The number of nitrogens with zero attached hydrogens (tertiary/aromatic N) is 5. The highest BCUT2D eigenvalue weighted by atomic mass is 32.2. The fourth-order valence-corrected chi connectivity index (χ4v) is 3.22. The van der Waals surface area contributed by atoms with Crippen LogP contribution in [0.3, 0.4) is 0 Å². The number of ether oxygens (including phenoxy) is 3. The predicted molar refractivity (Wildman–Crippen MR) is 93.5 cm³/mol. The van der Waals surface area contributed by atoms with E-state index < -0.39 is 10.9 Å². The van der Waals surface area contributed by atoms with Crippen LogP contribution in [0.2, 0.25) is 0 Å². The summed E-state index contributed by atoms with van der Waals surface area (Å²) in [6.45, 7) is 0.0874. The van der Waals surface area contributed by atoms with Crippen molar-refractivity contribution in [3.8, 4) is 17.2 Å². The molecule has 2 heterocycles. The van der Waals surface area contributed by atoms with Crippen molar-refractivity contribution < 1.29 is 23.9 Å².